The van der Waals surface area contributed by atoms with Crippen molar-refractivity contribution in [3.63, 3.8) is 0 Å². The Morgan fingerprint density at radius 1 is 1.21 bits per heavy atom. The normalized spacial score (nSPS) is 22.4. The molecule has 0 radical (unpaired) electrons. The van der Waals surface area contributed by atoms with Gasteiger partial charge in [-0.05, 0) is 29.3 Å². The number of ether oxygens (including phenoxy) is 1. The molecule has 2 heterocycles. The molecule has 2 unspecified atom stereocenters. The number of thioether (sulfide) groups is 1. The minimum Gasteiger partial charge on any atom is -0.479 e. The molecule has 1 aromatic heterocycles. The zero-order chi connectivity index (χ0) is 20.1. The minimum absolute atomic E-state index is 0.0187. The summed E-state index contributed by atoms with van der Waals surface area (Å²) in [6, 6.07) is 11.5. The third kappa shape index (κ3) is 4.83. The molecule has 0 saturated heterocycles. The number of carbonyl (C=O) groups excluding carboxylic acids is 1. The molecule has 4 atom stereocenters. The Morgan fingerprint density at radius 2 is 1.96 bits per heavy atom. The Morgan fingerprint density at radius 3 is 2.61 bits per heavy atom. The third-order valence-electron chi connectivity index (χ3n) is 4.82. The Kier molecular flexibility index (Phi) is 7.28. The summed E-state index contributed by atoms with van der Waals surface area (Å²) >= 11 is 7.18. The van der Waals surface area contributed by atoms with Crippen LogP contribution in [-0.2, 0) is 15.1 Å². The summed E-state index contributed by atoms with van der Waals surface area (Å²) in [5.74, 6) is 1.17. The second-order valence-corrected chi connectivity index (χ2v) is 9.26. The molecule has 1 aliphatic heterocycles. The smallest absolute Gasteiger partial charge is 0.206 e. The van der Waals surface area contributed by atoms with Gasteiger partial charge in [-0.15, -0.1) is 0 Å². The zero-order valence-electron chi connectivity index (χ0n) is 15.5. The summed E-state index contributed by atoms with van der Waals surface area (Å²) < 4.78 is 6.13. The van der Waals surface area contributed by atoms with Crippen LogP contribution in [-0.4, -0.2) is 39.7 Å². The van der Waals surface area contributed by atoms with Crippen LogP contribution in [0, 0.1) is 0 Å². The highest BCUT2D eigenvalue weighted by atomic mass is 32.2. The maximum Gasteiger partial charge on any atom is 0.206 e. The van der Waals surface area contributed by atoms with Crippen LogP contribution in [0.15, 0.2) is 59.0 Å². The predicted octanol–water partition coefficient (Wildman–Crippen LogP) is 3.96. The van der Waals surface area contributed by atoms with Crippen LogP contribution in [0.5, 0.6) is 0 Å². The van der Waals surface area contributed by atoms with Crippen LogP contribution in [0.3, 0.4) is 0 Å². The van der Waals surface area contributed by atoms with Gasteiger partial charge in [0.1, 0.15) is 5.76 Å². The van der Waals surface area contributed by atoms with Crippen molar-refractivity contribution in [1.82, 2.24) is 0 Å². The Labute approximate surface area is 179 Å². The lowest BCUT2D eigenvalue weighted by Gasteiger charge is -2.26. The molecule has 28 heavy (non-hydrogen) atoms. The number of thiophene rings is 1. The fourth-order valence-electron chi connectivity index (χ4n) is 3.05. The van der Waals surface area contributed by atoms with E-state index in [1.54, 1.807) is 36.1 Å². The molecule has 4 nitrogen and oxygen atoms in total. The van der Waals surface area contributed by atoms with E-state index >= 15 is 0 Å². The molecular formula is C21H24O4S3. The molecule has 2 N–H and O–H groups in total. The van der Waals surface area contributed by atoms with Crippen molar-refractivity contribution in [3.8, 4) is 0 Å². The summed E-state index contributed by atoms with van der Waals surface area (Å²) in [5, 5.41) is 23.9. The van der Waals surface area contributed by atoms with Gasteiger partial charge in [-0.25, -0.2) is 0 Å². The molecule has 2 aromatic rings. The van der Waals surface area contributed by atoms with Gasteiger partial charge in [-0.2, -0.15) is 35.7 Å². The molecule has 0 aliphatic carbocycles. The van der Waals surface area contributed by atoms with Crippen molar-refractivity contribution in [2.45, 2.75) is 36.4 Å². The first-order valence-electron chi connectivity index (χ1n) is 9.04. The van der Waals surface area contributed by atoms with Gasteiger partial charge in [0.2, 0.25) is 5.78 Å². The fourth-order valence-corrected chi connectivity index (χ4v) is 5.36. The van der Waals surface area contributed by atoms with Gasteiger partial charge in [0.05, 0.1) is 12.2 Å². The summed E-state index contributed by atoms with van der Waals surface area (Å²) in [5.41, 5.74) is 0.952. The Bertz CT molecular complexity index is 806. The standard InChI is InChI=1S/C21H24O4S3/c1-21(15-5-3-2-4-6-15)20(24)10-16(25-21)9-19(14-7-8-27-12-14)28-13-18(23)17(22)11-26/h2-8,10,12,17-19,22-23,26H,9,11,13H2,1H3/t17-,18+,19?,21?/m0/s1. The largest absolute Gasteiger partial charge is 0.479 e. The van der Waals surface area contributed by atoms with E-state index in [0.717, 1.165) is 11.1 Å². The lowest BCUT2D eigenvalue weighted by Crippen LogP contribution is -2.30. The highest BCUT2D eigenvalue weighted by Crippen LogP contribution is 2.42. The number of allylic oxidation sites excluding steroid dienone is 1. The molecule has 1 aromatic carbocycles. The average molecular weight is 437 g/mol. The number of aliphatic hydroxyl groups excluding tert-OH is 2. The maximum atomic E-state index is 12.7. The number of aliphatic hydroxyl groups is 2. The van der Waals surface area contributed by atoms with Gasteiger partial charge in [0, 0.05) is 34.8 Å². The van der Waals surface area contributed by atoms with Crippen molar-refractivity contribution in [2.24, 2.45) is 0 Å². The topological polar surface area (TPSA) is 66.8 Å². The summed E-state index contributed by atoms with van der Waals surface area (Å²) in [6.07, 6.45) is 0.424. The summed E-state index contributed by atoms with van der Waals surface area (Å²) in [6.45, 7) is 1.80. The Hall–Kier alpha value is -1.25. The predicted molar refractivity (Wildman–Crippen MR) is 118 cm³/mol. The van der Waals surface area contributed by atoms with E-state index in [0.29, 0.717) is 17.9 Å². The molecule has 7 heteroatoms. The first-order chi connectivity index (χ1) is 13.4. The van der Waals surface area contributed by atoms with Crippen molar-refractivity contribution >= 4 is 41.5 Å². The lowest BCUT2D eigenvalue weighted by atomic mass is 9.92. The monoisotopic (exact) mass is 436 g/mol. The molecule has 0 saturated carbocycles. The first-order valence-corrected chi connectivity index (χ1v) is 11.7. The van der Waals surface area contributed by atoms with Gasteiger partial charge < -0.3 is 14.9 Å². The second kappa shape index (κ2) is 9.50. The van der Waals surface area contributed by atoms with Gasteiger partial charge in [-0.1, -0.05) is 30.3 Å². The van der Waals surface area contributed by atoms with E-state index in [9.17, 15) is 15.0 Å². The van der Waals surface area contributed by atoms with Crippen LogP contribution < -0.4 is 0 Å². The van der Waals surface area contributed by atoms with E-state index in [4.69, 9.17) is 4.74 Å². The van der Waals surface area contributed by atoms with Crippen LogP contribution in [0.25, 0.3) is 0 Å². The second-order valence-electron chi connectivity index (χ2n) is 6.88. The number of thiol groups is 1. The van der Waals surface area contributed by atoms with Crippen LogP contribution >= 0.6 is 35.7 Å². The van der Waals surface area contributed by atoms with Crippen molar-refractivity contribution < 1.29 is 19.7 Å². The van der Waals surface area contributed by atoms with Crippen LogP contribution in [0.2, 0.25) is 0 Å². The molecule has 0 fully saturated rings. The minimum atomic E-state index is -0.998. The van der Waals surface area contributed by atoms with Crippen LogP contribution in [0.1, 0.15) is 29.7 Å². The van der Waals surface area contributed by atoms with Crippen LogP contribution in [0.4, 0.5) is 0 Å². The summed E-state index contributed by atoms with van der Waals surface area (Å²) in [7, 11) is 0. The highest BCUT2D eigenvalue weighted by molar-refractivity contribution is 7.99. The molecule has 3 rings (SSSR count). The van der Waals surface area contributed by atoms with E-state index in [1.807, 2.05) is 41.8 Å². The molecule has 150 valence electrons. The van der Waals surface area contributed by atoms with Crippen molar-refractivity contribution in [1.29, 1.82) is 0 Å². The number of ketones is 1. The van der Waals surface area contributed by atoms with E-state index in [2.05, 4.69) is 18.0 Å². The maximum absolute atomic E-state index is 12.7. The van der Waals surface area contributed by atoms with Crippen molar-refractivity contribution in [3.05, 3.63) is 70.1 Å². The van der Waals surface area contributed by atoms with Gasteiger partial charge >= 0.3 is 0 Å². The molecule has 0 bridgehead atoms. The number of hydrogen-bond donors (Lipinski definition) is 3. The zero-order valence-corrected chi connectivity index (χ0v) is 18.1. The van der Waals surface area contributed by atoms with E-state index in [-0.39, 0.29) is 16.8 Å². The lowest BCUT2D eigenvalue weighted by molar-refractivity contribution is -0.129. The molecule has 0 amide bonds. The number of hydrogen-bond acceptors (Lipinski definition) is 7. The number of benzene rings is 1. The van der Waals surface area contributed by atoms with E-state index < -0.39 is 17.8 Å². The van der Waals surface area contributed by atoms with Gasteiger partial charge in [0.15, 0.2) is 5.60 Å². The average Bonchev–Trinajstić information content (AvgIpc) is 3.34. The number of carbonyl (C=O) groups is 1. The fraction of sp³-hybridized carbons (Fsp3) is 0.381. The van der Waals surface area contributed by atoms with Gasteiger partial charge in [-0.3, -0.25) is 4.79 Å². The van der Waals surface area contributed by atoms with E-state index in [1.165, 1.54) is 0 Å². The van der Waals surface area contributed by atoms with Crippen molar-refractivity contribution in [2.75, 3.05) is 11.5 Å². The molecule has 0 spiro atoms. The van der Waals surface area contributed by atoms with Gasteiger partial charge in [0.25, 0.3) is 0 Å². The summed E-state index contributed by atoms with van der Waals surface area (Å²) in [4.78, 5) is 12.7. The quantitative estimate of drug-likeness (QED) is 0.519. The first kappa shape index (κ1) is 21.5. The third-order valence-corrected chi connectivity index (χ3v) is 7.27. The molecular weight excluding hydrogens is 412 g/mol. The SMILES string of the molecule is CC1(c2ccccc2)OC(CC(SC[C@@H](O)[C@@H](O)CS)c2ccsc2)=CC1=O. The Balaban J connectivity index is 1.71. The molecule has 1 aliphatic rings. The highest BCUT2D eigenvalue weighted by Gasteiger charge is 2.42. The number of rotatable bonds is 9.